The van der Waals surface area contributed by atoms with Crippen LogP contribution in [0.15, 0.2) is 62.9 Å². The number of benzene rings is 2. The number of nitrogens with zero attached hydrogens (tertiary/aromatic N) is 2. The molecule has 0 bridgehead atoms. The summed E-state index contributed by atoms with van der Waals surface area (Å²) in [5.41, 5.74) is 3.16. The van der Waals surface area contributed by atoms with Crippen molar-refractivity contribution in [2.45, 2.75) is 13.3 Å². The van der Waals surface area contributed by atoms with Crippen LogP contribution in [-0.4, -0.2) is 34.5 Å². The number of halogens is 2. The van der Waals surface area contributed by atoms with E-state index < -0.39 is 23.3 Å². The van der Waals surface area contributed by atoms with Gasteiger partial charge in [-0.15, -0.1) is 0 Å². The van der Waals surface area contributed by atoms with Gasteiger partial charge in [0.1, 0.15) is 5.82 Å². The Morgan fingerprint density at radius 2 is 1.87 bits per heavy atom. The Morgan fingerprint density at radius 1 is 1.19 bits per heavy atom. The predicted octanol–water partition coefficient (Wildman–Crippen LogP) is 2.94. The molecule has 1 amide bonds. The van der Waals surface area contributed by atoms with Crippen molar-refractivity contribution in [3.8, 4) is 5.69 Å². The second-order valence-corrected chi connectivity index (χ2v) is 7.31. The van der Waals surface area contributed by atoms with Gasteiger partial charge in [-0.3, -0.25) is 19.5 Å². The van der Waals surface area contributed by atoms with Crippen LogP contribution in [-0.2, 0) is 16.0 Å². The average molecular weight is 489 g/mol. The van der Waals surface area contributed by atoms with Crippen LogP contribution < -0.4 is 11.0 Å². The minimum Gasteiger partial charge on any atom is -0.469 e. The van der Waals surface area contributed by atoms with Crippen molar-refractivity contribution in [1.29, 1.82) is 0 Å². The molecule has 0 radical (unpaired) electrons. The molecule has 0 aliphatic carbocycles. The van der Waals surface area contributed by atoms with Gasteiger partial charge in [-0.25, -0.2) is 14.5 Å². The highest BCUT2D eigenvalue weighted by molar-refractivity contribution is 9.10. The minimum atomic E-state index is -0.571. The lowest BCUT2D eigenvalue weighted by Gasteiger charge is -2.04. The van der Waals surface area contributed by atoms with Crippen LogP contribution in [0.4, 0.5) is 4.39 Å². The van der Waals surface area contributed by atoms with Gasteiger partial charge < -0.3 is 4.74 Å². The Morgan fingerprint density at radius 3 is 2.52 bits per heavy atom. The van der Waals surface area contributed by atoms with E-state index in [2.05, 4.69) is 31.6 Å². The van der Waals surface area contributed by atoms with Crippen LogP contribution in [0.25, 0.3) is 5.69 Å². The molecule has 3 rings (SSSR count). The summed E-state index contributed by atoms with van der Waals surface area (Å²) in [6.45, 7) is 1.53. The number of rotatable bonds is 6. The van der Waals surface area contributed by atoms with Crippen LogP contribution in [0.3, 0.4) is 0 Å². The van der Waals surface area contributed by atoms with Gasteiger partial charge in [0, 0.05) is 4.47 Å². The number of carbonyl (C=O) groups excluding carboxylic acids is 2. The van der Waals surface area contributed by atoms with Crippen molar-refractivity contribution in [3.05, 3.63) is 86.0 Å². The minimum absolute atomic E-state index is 0.0992. The summed E-state index contributed by atoms with van der Waals surface area (Å²) in [7, 11) is 1.23. The molecular formula is C21H18BrFN4O4. The van der Waals surface area contributed by atoms with Crippen molar-refractivity contribution < 1.29 is 18.7 Å². The Kier molecular flexibility index (Phi) is 6.81. The Labute approximate surface area is 184 Å². The lowest BCUT2D eigenvalue weighted by atomic mass is 10.1. The molecular weight excluding hydrogens is 471 g/mol. The van der Waals surface area contributed by atoms with E-state index in [4.69, 9.17) is 4.74 Å². The molecule has 3 aromatic rings. The highest BCUT2D eigenvalue weighted by Crippen LogP contribution is 2.16. The zero-order valence-corrected chi connectivity index (χ0v) is 18.2. The number of esters is 1. The number of hydrazone groups is 1. The monoisotopic (exact) mass is 488 g/mol. The molecule has 0 saturated heterocycles. The van der Waals surface area contributed by atoms with E-state index in [0.717, 1.165) is 0 Å². The third-order valence-electron chi connectivity index (χ3n) is 4.40. The molecule has 0 atom stereocenters. The Hall–Kier alpha value is -3.53. The normalized spacial score (nSPS) is 11.3. The molecule has 0 unspecified atom stereocenters. The third kappa shape index (κ3) is 4.97. The smallest absolute Gasteiger partial charge is 0.311 e. The maximum absolute atomic E-state index is 13.3. The van der Waals surface area contributed by atoms with Crippen LogP contribution in [0.5, 0.6) is 0 Å². The van der Waals surface area contributed by atoms with Crippen LogP contribution in [0.2, 0.25) is 0 Å². The van der Waals surface area contributed by atoms with E-state index in [1.807, 2.05) is 0 Å². The number of aromatic nitrogens is 2. The average Bonchev–Trinajstić information content (AvgIpc) is 3.08. The van der Waals surface area contributed by atoms with Crippen molar-refractivity contribution in [2.75, 3.05) is 7.11 Å². The number of methoxy groups -OCH3 is 1. The largest absolute Gasteiger partial charge is 0.469 e. The molecule has 0 aliphatic rings. The zero-order chi connectivity index (χ0) is 22.5. The van der Waals surface area contributed by atoms with E-state index in [9.17, 15) is 18.8 Å². The van der Waals surface area contributed by atoms with Crippen molar-refractivity contribution in [1.82, 2.24) is 15.2 Å². The Bertz CT molecular complexity index is 1210. The van der Waals surface area contributed by atoms with Crippen molar-refractivity contribution in [2.24, 2.45) is 5.10 Å². The lowest BCUT2D eigenvalue weighted by Crippen LogP contribution is -2.24. The van der Waals surface area contributed by atoms with Gasteiger partial charge in [-0.05, 0) is 59.3 Å². The summed E-state index contributed by atoms with van der Waals surface area (Å²) >= 11 is 3.30. The van der Waals surface area contributed by atoms with E-state index in [0.29, 0.717) is 15.7 Å². The number of hydrogen-bond acceptors (Lipinski definition) is 5. The van der Waals surface area contributed by atoms with Gasteiger partial charge in [-0.2, -0.15) is 5.10 Å². The van der Waals surface area contributed by atoms with E-state index in [1.165, 1.54) is 43.0 Å². The second-order valence-electron chi connectivity index (χ2n) is 6.45. The fourth-order valence-corrected chi connectivity index (χ4v) is 3.33. The molecule has 31 heavy (non-hydrogen) atoms. The maximum Gasteiger partial charge on any atom is 0.311 e. The topological polar surface area (TPSA) is 106 Å². The van der Waals surface area contributed by atoms with Crippen molar-refractivity contribution in [3.63, 3.8) is 0 Å². The molecule has 0 aliphatic heterocycles. The highest BCUT2D eigenvalue weighted by Gasteiger charge is 2.21. The molecule has 0 saturated carbocycles. The van der Waals surface area contributed by atoms with E-state index in [1.54, 1.807) is 24.3 Å². The number of hydrogen-bond donors (Lipinski definition) is 2. The number of nitrogens with one attached hydrogen (secondary N) is 2. The molecule has 2 N–H and O–H groups in total. The standard InChI is InChI=1S/C21H18BrFN4O4/c1-12(24-25-20(29)15-5-3-4-6-16(15)22)19-17(11-18(28)31-2)26-27(21(19)30)14-9-7-13(23)8-10-14/h3-10,26H,11H2,1-2H3,(H,25,29)/b24-12+. The van der Waals surface area contributed by atoms with Gasteiger partial charge in [0.15, 0.2) is 0 Å². The number of amides is 1. The van der Waals surface area contributed by atoms with Crippen LogP contribution in [0.1, 0.15) is 28.5 Å². The quantitative estimate of drug-likeness (QED) is 0.316. The van der Waals surface area contributed by atoms with Gasteiger partial charge in [-0.1, -0.05) is 12.1 Å². The van der Waals surface area contributed by atoms with Crippen LogP contribution in [0, 0.1) is 5.82 Å². The fraction of sp³-hybridized carbons (Fsp3) is 0.143. The number of aromatic amines is 1. The molecule has 10 heteroatoms. The number of carbonyl (C=O) groups is 2. The molecule has 0 spiro atoms. The summed E-state index contributed by atoms with van der Waals surface area (Å²) in [4.78, 5) is 37.3. The fourth-order valence-electron chi connectivity index (χ4n) is 2.87. The first-order valence-corrected chi connectivity index (χ1v) is 9.87. The number of H-pyrrole nitrogens is 1. The van der Waals surface area contributed by atoms with E-state index >= 15 is 0 Å². The second kappa shape index (κ2) is 9.52. The first-order chi connectivity index (χ1) is 14.8. The lowest BCUT2D eigenvalue weighted by molar-refractivity contribution is -0.139. The highest BCUT2D eigenvalue weighted by atomic mass is 79.9. The first-order valence-electron chi connectivity index (χ1n) is 9.08. The molecule has 160 valence electrons. The SMILES string of the molecule is COC(=O)Cc1[nH]n(-c2ccc(F)cc2)c(=O)c1/C(C)=N/NC(=O)c1ccccc1Br. The summed E-state index contributed by atoms with van der Waals surface area (Å²) in [5, 5.41) is 6.88. The molecule has 8 nitrogen and oxygen atoms in total. The molecule has 1 aromatic heterocycles. The number of ether oxygens (including phenoxy) is 1. The molecule has 2 aromatic carbocycles. The third-order valence-corrected chi connectivity index (χ3v) is 5.10. The van der Waals surface area contributed by atoms with Gasteiger partial charge in [0.25, 0.3) is 11.5 Å². The predicted molar refractivity (Wildman–Crippen MR) is 116 cm³/mol. The summed E-state index contributed by atoms with van der Waals surface area (Å²) in [6, 6.07) is 12.1. The summed E-state index contributed by atoms with van der Waals surface area (Å²) in [6.07, 6.45) is -0.222. The van der Waals surface area contributed by atoms with Gasteiger partial charge >= 0.3 is 5.97 Å². The zero-order valence-electron chi connectivity index (χ0n) is 16.6. The summed E-state index contributed by atoms with van der Waals surface area (Å²) < 4.78 is 19.7. The van der Waals surface area contributed by atoms with Gasteiger partial charge in [0.05, 0.1) is 41.8 Å². The van der Waals surface area contributed by atoms with Crippen molar-refractivity contribution >= 4 is 33.5 Å². The summed E-state index contributed by atoms with van der Waals surface area (Å²) in [5.74, 6) is -1.50. The molecule has 1 heterocycles. The van der Waals surface area contributed by atoms with Crippen LogP contribution >= 0.6 is 15.9 Å². The maximum atomic E-state index is 13.3. The van der Waals surface area contributed by atoms with E-state index in [-0.39, 0.29) is 23.4 Å². The molecule has 0 fully saturated rings. The Balaban J connectivity index is 1.99. The van der Waals surface area contributed by atoms with Gasteiger partial charge in [0.2, 0.25) is 0 Å². The first kappa shape index (κ1) is 22.2.